The molecule has 1 saturated carbocycles. The number of amides is 2. The number of urea groups is 1. The fourth-order valence-corrected chi connectivity index (χ4v) is 7.00. The Morgan fingerprint density at radius 2 is 1.75 bits per heavy atom. The maximum absolute atomic E-state index is 13.8. The molecule has 3 atom stereocenters. The van der Waals surface area contributed by atoms with Crippen LogP contribution in [-0.4, -0.2) is 83.3 Å². The summed E-state index contributed by atoms with van der Waals surface area (Å²) in [4.78, 5) is 20.7. The summed E-state index contributed by atoms with van der Waals surface area (Å²) in [5, 5.41) is 26.0. The van der Waals surface area contributed by atoms with Gasteiger partial charge < -0.3 is 19.9 Å². The first-order valence-electron chi connectivity index (χ1n) is 16.9. The van der Waals surface area contributed by atoms with E-state index in [1.165, 1.54) is 12.0 Å². The Bertz CT molecular complexity index is 1640. The summed E-state index contributed by atoms with van der Waals surface area (Å²) in [6.07, 6.45) is 6.35. The Kier molecular flexibility index (Phi) is 11.0. The third-order valence-corrected chi connectivity index (χ3v) is 9.55. The smallest absolute Gasteiger partial charge is 0.320 e. The molecule has 1 aliphatic heterocycles. The maximum Gasteiger partial charge on any atom is 0.320 e. The molecule has 1 unspecified atom stereocenters. The molecule has 0 bridgehead atoms. The van der Waals surface area contributed by atoms with Crippen molar-refractivity contribution >= 4 is 11.8 Å². The Labute approximate surface area is 282 Å². The molecule has 2 aromatic carbocycles. The fraction of sp³-hybridized carbons (Fsp3) is 0.432. The van der Waals surface area contributed by atoms with Gasteiger partial charge in [0.1, 0.15) is 12.0 Å². The predicted molar refractivity (Wildman–Crippen MR) is 186 cm³/mol. The van der Waals surface area contributed by atoms with Gasteiger partial charge in [-0.25, -0.2) is 14.5 Å². The number of anilines is 1. The average molecular weight is 654 g/mol. The maximum atomic E-state index is 13.8. The molecular weight excluding hydrogens is 606 g/mol. The van der Waals surface area contributed by atoms with Crippen molar-refractivity contribution in [1.82, 2.24) is 30.3 Å². The zero-order valence-corrected chi connectivity index (χ0v) is 28.1. The molecule has 2 aliphatic rings. The van der Waals surface area contributed by atoms with E-state index < -0.39 is 6.23 Å². The lowest BCUT2D eigenvalue weighted by Gasteiger charge is -2.26. The molecule has 48 heavy (non-hydrogen) atoms. The minimum atomic E-state index is -0.942. The molecule has 4 aromatic rings. The number of aliphatic hydroxyl groups excluding tert-OH is 1. The minimum absolute atomic E-state index is 0.0939. The standard InChI is InChI=1S/C37H47N7O4/c1-25-33(27-21-30(36(48-3)38-22-27)35(45)39-28-15-9-5-10-16-28)42-44(29-17-11-6-12-18-29)34(25)41-37(46)40-32-24-43(19-20-47-2)23-31(32)26-13-7-4-8-14-26/h4,6-8,11-14,17-18,21-22,28,31-32,35,39,45H,5,9-10,15-16,19-20,23-24H2,1-3H3,(H2,40,41,46)/t31-,32+,35?/m0/s1. The highest BCUT2D eigenvalue weighted by atomic mass is 16.5. The third kappa shape index (κ3) is 7.71. The van der Waals surface area contributed by atoms with E-state index in [1.807, 2.05) is 61.5 Å². The molecule has 11 heteroatoms. The molecule has 254 valence electrons. The Balaban J connectivity index is 1.28. The molecule has 3 heterocycles. The molecule has 4 N–H and O–H groups in total. The van der Waals surface area contributed by atoms with Crippen molar-refractivity contribution in [2.75, 3.05) is 45.8 Å². The van der Waals surface area contributed by atoms with E-state index in [2.05, 4.69) is 38.0 Å². The Morgan fingerprint density at radius 1 is 1.02 bits per heavy atom. The second-order valence-electron chi connectivity index (χ2n) is 12.8. The van der Waals surface area contributed by atoms with Gasteiger partial charge in [0.05, 0.1) is 36.7 Å². The number of hydrogen-bond donors (Lipinski definition) is 4. The van der Waals surface area contributed by atoms with Crippen LogP contribution in [0.2, 0.25) is 0 Å². The molecule has 2 fully saturated rings. The lowest BCUT2D eigenvalue weighted by Crippen LogP contribution is -2.42. The van der Waals surface area contributed by atoms with Crippen molar-refractivity contribution in [3.8, 4) is 22.8 Å². The van der Waals surface area contributed by atoms with Crippen LogP contribution in [-0.2, 0) is 4.74 Å². The summed E-state index contributed by atoms with van der Waals surface area (Å²) in [5.74, 6) is 1.05. The number of aliphatic hydroxyl groups is 1. The summed E-state index contributed by atoms with van der Waals surface area (Å²) in [6, 6.07) is 21.8. The number of carbonyl (C=O) groups excluding carboxylic acids is 1. The van der Waals surface area contributed by atoms with Crippen LogP contribution in [0, 0.1) is 6.92 Å². The summed E-state index contributed by atoms with van der Waals surface area (Å²) in [7, 11) is 3.26. The molecular formula is C37H47N7O4. The van der Waals surface area contributed by atoms with Crippen molar-refractivity contribution in [2.45, 2.75) is 63.3 Å². The van der Waals surface area contributed by atoms with Gasteiger partial charge in [0.15, 0.2) is 0 Å². The first-order valence-corrected chi connectivity index (χ1v) is 16.9. The Hall–Kier alpha value is -4.29. The number of aromatic nitrogens is 3. The van der Waals surface area contributed by atoms with Gasteiger partial charge in [-0.15, -0.1) is 0 Å². The van der Waals surface area contributed by atoms with E-state index in [9.17, 15) is 9.90 Å². The molecule has 11 nitrogen and oxygen atoms in total. The second-order valence-corrected chi connectivity index (χ2v) is 12.8. The number of benzene rings is 2. The van der Waals surface area contributed by atoms with Crippen LogP contribution in [0.15, 0.2) is 72.9 Å². The van der Waals surface area contributed by atoms with Gasteiger partial charge in [0.2, 0.25) is 5.88 Å². The van der Waals surface area contributed by atoms with Crippen LogP contribution in [0.25, 0.3) is 16.9 Å². The van der Waals surface area contributed by atoms with Crippen molar-refractivity contribution in [3.05, 3.63) is 89.6 Å². The number of ether oxygens (including phenoxy) is 2. The summed E-state index contributed by atoms with van der Waals surface area (Å²) < 4.78 is 12.6. The molecule has 2 aromatic heterocycles. The van der Waals surface area contributed by atoms with E-state index in [1.54, 1.807) is 25.1 Å². The number of para-hydroxylation sites is 1. The minimum Gasteiger partial charge on any atom is -0.481 e. The SMILES string of the molecule is COCCN1C[C@@H](NC(=O)Nc2c(C)c(-c3cnc(OC)c(C(O)NC4CCCCC4)c3)nn2-c2ccccc2)[C@H](c2ccccc2)C1. The molecule has 2 amide bonds. The van der Waals surface area contributed by atoms with Crippen LogP contribution in [0.1, 0.15) is 60.9 Å². The van der Waals surface area contributed by atoms with Crippen LogP contribution < -0.4 is 20.7 Å². The van der Waals surface area contributed by atoms with Crippen molar-refractivity contribution in [2.24, 2.45) is 0 Å². The molecule has 1 saturated heterocycles. The van der Waals surface area contributed by atoms with Gasteiger partial charge in [-0.1, -0.05) is 67.8 Å². The fourth-order valence-electron chi connectivity index (χ4n) is 7.00. The van der Waals surface area contributed by atoms with Gasteiger partial charge in [0.25, 0.3) is 0 Å². The molecule has 6 rings (SSSR count). The molecule has 0 radical (unpaired) electrons. The highest BCUT2D eigenvalue weighted by Crippen LogP contribution is 2.34. The summed E-state index contributed by atoms with van der Waals surface area (Å²) in [6.45, 7) is 4.92. The third-order valence-electron chi connectivity index (χ3n) is 9.55. The lowest BCUT2D eigenvalue weighted by atomic mass is 9.94. The normalized spacial score (nSPS) is 19.2. The van der Waals surface area contributed by atoms with E-state index in [0.29, 0.717) is 35.1 Å². The number of rotatable bonds is 12. The number of hydrogen-bond acceptors (Lipinski definition) is 8. The summed E-state index contributed by atoms with van der Waals surface area (Å²) >= 11 is 0. The van der Waals surface area contributed by atoms with Crippen molar-refractivity contribution in [3.63, 3.8) is 0 Å². The highest BCUT2D eigenvalue weighted by Gasteiger charge is 2.35. The largest absolute Gasteiger partial charge is 0.481 e. The topological polar surface area (TPSA) is 126 Å². The average Bonchev–Trinajstić information content (AvgIpc) is 3.68. The number of pyridine rings is 1. The highest BCUT2D eigenvalue weighted by molar-refractivity contribution is 5.91. The van der Waals surface area contributed by atoms with Crippen LogP contribution in [0.4, 0.5) is 10.6 Å². The van der Waals surface area contributed by atoms with E-state index in [0.717, 1.165) is 56.6 Å². The van der Waals surface area contributed by atoms with E-state index in [-0.39, 0.29) is 24.0 Å². The van der Waals surface area contributed by atoms with Crippen LogP contribution in [0.3, 0.4) is 0 Å². The van der Waals surface area contributed by atoms with Crippen LogP contribution in [0.5, 0.6) is 5.88 Å². The van der Waals surface area contributed by atoms with Crippen LogP contribution >= 0.6 is 0 Å². The van der Waals surface area contributed by atoms with E-state index in [4.69, 9.17) is 14.6 Å². The number of nitrogens with one attached hydrogen (secondary N) is 3. The number of nitrogens with zero attached hydrogens (tertiary/aromatic N) is 4. The number of likely N-dealkylation sites (tertiary alicyclic amines) is 1. The summed E-state index contributed by atoms with van der Waals surface area (Å²) in [5.41, 5.74) is 4.67. The van der Waals surface area contributed by atoms with Crippen molar-refractivity contribution in [1.29, 1.82) is 0 Å². The number of methoxy groups -OCH3 is 2. The van der Waals surface area contributed by atoms with Gasteiger partial charge in [0, 0.05) is 56.0 Å². The second kappa shape index (κ2) is 15.7. The van der Waals surface area contributed by atoms with Gasteiger partial charge in [-0.2, -0.15) is 5.10 Å². The molecule has 1 aliphatic carbocycles. The van der Waals surface area contributed by atoms with E-state index >= 15 is 0 Å². The van der Waals surface area contributed by atoms with Gasteiger partial charge in [-0.3, -0.25) is 15.5 Å². The zero-order chi connectivity index (χ0) is 33.5. The zero-order valence-electron chi connectivity index (χ0n) is 28.1. The van der Waals surface area contributed by atoms with Gasteiger partial charge >= 0.3 is 6.03 Å². The van der Waals surface area contributed by atoms with Gasteiger partial charge in [-0.05, 0) is 43.5 Å². The predicted octanol–water partition coefficient (Wildman–Crippen LogP) is 5.40. The molecule has 0 spiro atoms. The lowest BCUT2D eigenvalue weighted by molar-refractivity contribution is 0.110. The number of carbonyl (C=O) groups is 1. The Morgan fingerprint density at radius 3 is 2.46 bits per heavy atom. The quantitative estimate of drug-likeness (QED) is 0.150. The monoisotopic (exact) mass is 653 g/mol. The first kappa shape index (κ1) is 33.6. The van der Waals surface area contributed by atoms with Crippen molar-refractivity contribution < 1.29 is 19.4 Å². The first-order chi connectivity index (χ1) is 23.4.